The molecule has 0 saturated carbocycles. The third-order valence-electron chi connectivity index (χ3n) is 4.13. The molecule has 3 aromatic rings. The first-order valence-corrected chi connectivity index (χ1v) is 9.39. The van der Waals surface area contributed by atoms with E-state index in [2.05, 4.69) is 15.3 Å². The number of carbonyl (C=O) groups is 2. The number of hydrogen-bond donors (Lipinski definition) is 2. The van der Waals surface area contributed by atoms with Crippen molar-refractivity contribution in [1.82, 2.24) is 9.97 Å². The maximum atomic E-state index is 13.2. The number of primary amides is 1. The van der Waals surface area contributed by atoms with Gasteiger partial charge in [-0.2, -0.15) is 0 Å². The van der Waals surface area contributed by atoms with Gasteiger partial charge < -0.3 is 15.8 Å². The highest BCUT2D eigenvalue weighted by Crippen LogP contribution is 2.35. The molecule has 0 spiro atoms. The number of nitrogens with one attached hydrogen (secondary N) is 1. The van der Waals surface area contributed by atoms with Gasteiger partial charge in [0, 0.05) is 0 Å². The number of aromatic nitrogens is 2. The first kappa shape index (κ1) is 19.7. The van der Waals surface area contributed by atoms with Gasteiger partial charge in [0.15, 0.2) is 0 Å². The number of anilines is 1. The van der Waals surface area contributed by atoms with Crippen LogP contribution in [0.5, 0.6) is 0 Å². The highest BCUT2D eigenvalue weighted by molar-refractivity contribution is 7.20. The Hall–Kier alpha value is -3.07. The molecule has 1 atom stereocenters. The van der Waals surface area contributed by atoms with Crippen LogP contribution in [0.25, 0.3) is 10.2 Å². The average Bonchev–Trinajstić information content (AvgIpc) is 2.97. The molecule has 3 N–H and O–H groups in total. The Morgan fingerprint density at radius 2 is 1.93 bits per heavy atom. The zero-order chi connectivity index (χ0) is 20.4. The van der Waals surface area contributed by atoms with Gasteiger partial charge in [-0.3, -0.25) is 4.79 Å². The monoisotopic (exact) mass is 402 g/mol. The number of benzene rings is 1. The summed E-state index contributed by atoms with van der Waals surface area (Å²) in [5, 5.41) is 3.65. The Bertz CT molecular complexity index is 1050. The predicted octanol–water partition coefficient (Wildman–Crippen LogP) is 3.26. The number of amides is 1. The maximum Gasteiger partial charge on any atom is 0.348 e. The summed E-state index contributed by atoms with van der Waals surface area (Å²) in [7, 11) is 0. The van der Waals surface area contributed by atoms with E-state index in [0.717, 1.165) is 0 Å². The van der Waals surface area contributed by atoms with Crippen LogP contribution >= 0.6 is 11.3 Å². The van der Waals surface area contributed by atoms with Crippen molar-refractivity contribution in [2.24, 2.45) is 5.73 Å². The second-order valence-corrected chi connectivity index (χ2v) is 7.11. The topological polar surface area (TPSA) is 107 Å². The molecule has 3 rings (SSSR count). The average molecular weight is 402 g/mol. The van der Waals surface area contributed by atoms with Crippen LogP contribution < -0.4 is 11.1 Å². The number of ether oxygens (including phenoxy) is 1. The smallest absolute Gasteiger partial charge is 0.348 e. The summed E-state index contributed by atoms with van der Waals surface area (Å²) in [5.74, 6) is -0.653. The lowest BCUT2D eigenvalue weighted by Crippen LogP contribution is -2.28. The molecule has 0 saturated heterocycles. The minimum Gasteiger partial charge on any atom is -0.462 e. The Morgan fingerprint density at radius 3 is 2.54 bits per heavy atom. The van der Waals surface area contributed by atoms with Crippen molar-refractivity contribution in [3.8, 4) is 0 Å². The molecule has 2 aromatic heterocycles. The third kappa shape index (κ3) is 3.79. The van der Waals surface area contributed by atoms with Crippen molar-refractivity contribution in [3.63, 3.8) is 0 Å². The van der Waals surface area contributed by atoms with Gasteiger partial charge in [0.1, 0.15) is 33.2 Å². The zero-order valence-corrected chi connectivity index (χ0v) is 16.4. The van der Waals surface area contributed by atoms with Gasteiger partial charge in [0.2, 0.25) is 5.91 Å². The number of aryl methyl sites for hydroxylation is 2. The highest BCUT2D eigenvalue weighted by atomic mass is 32.1. The number of rotatable bonds is 6. The number of esters is 1. The van der Waals surface area contributed by atoms with E-state index in [9.17, 15) is 14.0 Å². The molecule has 1 amide bonds. The normalized spacial score (nSPS) is 12.0. The largest absolute Gasteiger partial charge is 0.462 e. The van der Waals surface area contributed by atoms with E-state index in [0.29, 0.717) is 37.9 Å². The Morgan fingerprint density at radius 1 is 1.25 bits per heavy atom. The lowest BCUT2D eigenvalue weighted by atomic mass is 10.1. The molecule has 1 aromatic carbocycles. The van der Waals surface area contributed by atoms with Gasteiger partial charge in [-0.15, -0.1) is 11.3 Å². The van der Waals surface area contributed by atoms with E-state index in [1.165, 1.54) is 35.6 Å². The van der Waals surface area contributed by atoms with Crippen molar-refractivity contribution in [3.05, 3.63) is 51.9 Å². The summed E-state index contributed by atoms with van der Waals surface area (Å²) in [6.45, 7) is 5.47. The minimum absolute atomic E-state index is 0.261. The van der Waals surface area contributed by atoms with Crippen molar-refractivity contribution in [2.45, 2.75) is 26.8 Å². The fourth-order valence-electron chi connectivity index (χ4n) is 2.85. The molecule has 28 heavy (non-hydrogen) atoms. The van der Waals surface area contributed by atoms with E-state index in [1.807, 2.05) is 0 Å². The number of fused-ring (bicyclic) bond motifs is 1. The number of hydrogen-bond acceptors (Lipinski definition) is 7. The molecule has 0 aliphatic rings. The summed E-state index contributed by atoms with van der Waals surface area (Å²) >= 11 is 1.20. The molecule has 9 heteroatoms. The molecule has 7 nitrogen and oxygen atoms in total. The quantitative estimate of drug-likeness (QED) is 0.613. The van der Waals surface area contributed by atoms with Crippen LogP contribution in [0, 0.1) is 19.7 Å². The van der Waals surface area contributed by atoms with Crippen molar-refractivity contribution in [2.75, 3.05) is 11.9 Å². The summed E-state index contributed by atoms with van der Waals surface area (Å²) < 4.78 is 18.3. The Labute approximate surface area is 164 Å². The Kier molecular flexibility index (Phi) is 5.55. The summed E-state index contributed by atoms with van der Waals surface area (Å²) in [4.78, 5) is 34.1. The lowest BCUT2D eigenvalue weighted by molar-refractivity contribution is -0.118. The van der Waals surface area contributed by atoms with Crippen LogP contribution in [0.2, 0.25) is 0 Å². The predicted molar refractivity (Wildman–Crippen MR) is 105 cm³/mol. The van der Waals surface area contributed by atoms with Gasteiger partial charge in [0.25, 0.3) is 0 Å². The van der Waals surface area contributed by atoms with E-state index >= 15 is 0 Å². The first-order valence-electron chi connectivity index (χ1n) is 8.58. The fourth-order valence-corrected chi connectivity index (χ4v) is 3.97. The number of carbonyl (C=O) groups excluding carboxylic acids is 2. The molecule has 0 bridgehead atoms. The zero-order valence-electron chi connectivity index (χ0n) is 15.6. The second kappa shape index (κ2) is 7.89. The van der Waals surface area contributed by atoms with Crippen LogP contribution in [0.15, 0.2) is 24.3 Å². The van der Waals surface area contributed by atoms with Crippen molar-refractivity contribution in [1.29, 1.82) is 0 Å². The van der Waals surface area contributed by atoms with Gasteiger partial charge in [0.05, 0.1) is 12.0 Å². The van der Waals surface area contributed by atoms with E-state index < -0.39 is 23.7 Å². The number of nitrogens with zero attached hydrogens (tertiary/aromatic N) is 2. The SMILES string of the molecule is CCOC(=O)c1sc2nc(C)nc(NC(C(N)=O)c3ccc(F)cc3)c2c1C. The molecule has 146 valence electrons. The highest BCUT2D eigenvalue weighted by Gasteiger charge is 2.24. The summed E-state index contributed by atoms with van der Waals surface area (Å²) in [6.07, 6.45) is 0. The molecule has 1 unspecified atom stereocenters. The summed E-state index contributed by atoms with van der Waals surface area (Å²) in [5.41, 5.74) is 6.71. The molecule has 0 fully saturated rings. The van der Waals surface area contributed by atoms with E-state index in [1.54, 1.807) is 20.8 Å². The molecule has 0 aliphatic heterocycles. The molecular formula is C19H19FN4O3S. The summed E-state index contributed by atoms with van der Waals surface area (Å²) in [6, 6.07) is 4.54. The van der Waals surface area contributed by atoms with Crippen LogP contribution in [0.4, 0.5) is 10.2 Å². The van der Waals surface area contributed by atoms with E-state index in [4.69, 9.17) is 10.5 Å². The van der Waals surface area contributed by atoms with Crippen molar-refractivity contribution < 1.29 is 18.7 Å². The van der Waals surface area contributed by atoms with Gasteiger partial charge in [-0.25, -0.2) is 19.2 Å². The van der Waals surface area contributed by atoms with Crippen LogP contribution in [0.1, 0.15) is 39.6 Å². The maximum absolute atomic E-state index is 13.2. The van der Waals surface area contributed by atoms with E-state index in [-0.39, 0.29) is 6.61 Å². The van der Waals surface area contributed by atoms with Gasteiger partial charge >= 0.3 is 5.97 Å². The molecular weight excluding hydrogens is 383 g/mol. The number of nitrogens with two attached hydrogens (primary N) is 1. The van der Waals surface area contributed by atoms with Crippen molar-refractivity contribution >= 4 is 39.2 Å². The molecule has 0 radical (unpaired) electrons. The van der Waals surface area contributed by atoms with Crippen LogP contribution in [0.3, 0.4) is 0 Å². The second-order valence-electron chi connectivity index (χ2n) is 6.11. The van der Waals surface area contributed by atoms with Crippen LogP contribution in [-0.4, -0.2) is 28.5 Å². The third-order valence-corrected chi connectivity index (χ3v) is 5.30. The van der Waals surface area contributed by atoms with Crippen LogP contribution in [-0.2, 0) is 9.53 Å². The standard InChI is InChI=1S/C19H19FN4O3S/c1-4-27-19(26)15-9(2)13-17(22-10(3)23-18(13)28-15)24-14(16(21)25)11-5-7-12(20)8-6-11/h5-8,14H,4H2,1-3H3,(H2,21,25)(H,22,23,24). The minimum atomic E-state index is -0.927. The van der Waals surface area contributed by atoms with Gasteiger partial charge in [-0.1, -0.05) is 12.1 Å². The van der Waals surface area contributed by atoms with Gasteiger partial charge in [-0.05, 0) is 44.0 Å². The Balaban J connectivity index is 2.09. The number of halogens is 1. The molecule has 0 aliphatic carbocycles. The fraction of sp³-hybridized carbons (Fsp3) is 0.263. The number of thiophene rings is 1. The first-order chi connectivity index (χ1) is 13.3. The lowest BCUT2D eigenvalue weighted by Gasteiger charge is -2.17. The molecule has 2 heterocycles.